The second-order valence-electron chi connectivity index (χ2n) is 2.39. The fourth-order valence-electron chi connectivity index (χ4n) is 0.650. The molecule has 0 saturated carbocycles. The molecule has 1 atom stereocenters. The van der Waals surface area contributed by atoms with E-state index in [1.54, 1.807) is 0 Å². The molecule has 0 amide bonds. The van der Waals surface area contributed by atoms with Gasteiger partial charge in [-0.15, -0.1) is 6.42 Å². The lowest BCUT2D eigenvalue weighted by Crippen LogP contribution is -2.12. The van der Waals surface area contributed by atoms with Crippen LogP contribution in [0.25, 0.3) is 0 Å². The Morgan fingerprint density at radius 2 is 2.25 bits per heavy atom. The Bertz CT molecular complexity index is 177. The van der Waals surface area contributed by atoms with Crippen LogP contribution < -0.4 is 0 Å². The molecular formula is C10H16O2. The van der Waals surface area contributed by atoms with Crippen molar-refractivity contribution in [1.82, 2.24) is 0 Å². The lowest BCUT2D eigenvalue weighted by atomic mass is 10.3. The fraction of sp³-hybridized carbons (Fsp3) is 0.600. The summed E-state index contributed by atoms with van der Waals surface area (Å²) in [7, 11) is 0. The Kier molecular flexibility index (Phi) is 6.45. The monoisotopic (exact) mass is 168 g/mol. The van der Waals surface area contributed by atoms with E-state index >= 15 is 0 Å². The molecule has 0 N–H and O–H groups in total. The first-order valence-electron chi connectivity index (χ1n) is 4.07. The van der Waals surface area contributed by atoms with Crippen molar-refractivity contribution in [3.8, 4) is 12.3 Å². The van der Waals surface area contributed by atoms with E-state index in [0.717, 1.165) is 5.57 Å². The molecule has 0 heterocycles. The molecule has 0 saturated heterocycles. The molecule has 0 unspecified atom stereocenters. The summed E-state index contributed by atoms with van der Waals surface area (Å²) in [5.41, 5.74) is 0.888. The largest absolute Gasteiger partial charge is 0.353 e. The molecule has 0 aliphatic rings. The first kappa shape index (κ1) is 11.2. The zero-order valence-corrected chi connectivity index (χ0v) is 7.96. The van der Waals surface area contributed by atoms with Gasteiger partial charge in [-0.2, -0.15) is 0 Å². The molecule has 0 aromatic rings. The van der Waals surface area contributed by atoms with Gasteiger partial charge in [-0.1, -0.05) is 5.92 Å². The van der Waals surface area contributed by atoms with Crippen LogP contribution in [0, 0.1) is 12.3 Å². The average Bonchev–Trinajstić information content (AvgIpc) is 2.04. The fourth-order valence-corrected chi connectivity index (χ4v) is 0.650. The van der Waals surface area contributed by atoms with Crippen molar-refractivity contribution < 1.29 is 9.47 Å². The quantitative estimate of drug-likeness (QED) is 0.461. The minimum Gasteiger partial charge on any atom is -0.353 e. The highest BCUT2D eigenvalue weighted by atomic mass is 16.7. The van der Waals surface area contributed by atoms with Crippen molar-refractivity contribution in [2.75, 3.05) is 13.2 Å². The van der Waals surface area contributed by atoms with Crippen LogP contribution in [-0.2, 0) is 9.47 Å². The molecule has 0 aromatic heterocycles. The third-order valence-electron chi connectivity index (χ3n) is 1.35. The maximum absolute atomic E-state index is 5.26. The molecule has 2 heteroatoms. The first-order chi connectivity index (χ1) is 5.70. The molecule has 2 nitrogen and oxygen atoms in total. The highest BCUT2D eigenvalue weighted by molar-refractivity contribution is 5.22. The van der Waals surface area contributed by atoms with Crippen molar-refractivity contribution in [3.05, 3.63) is 11.6 Å². The van der Waals surface area contributed by atoms with E-state index in [4.69, 9.17) is 15.9 Å². The third kappa shape index (κ3) is 5.96. The van der Waals surface area contributed by atoms with E-state index in [9.17, 15) is 0 Å². The lowest BCUT2D eigenvalue weighted by Gasteiger charge is -2.10. The normalized spacial score (nSPS) is 14.0. The van der Waals surface area contributed by atoms with Gasteiger partial charge in [0.2, 0.25) is 0 Å². The summed E-state index contributed by atoms with van der Waals surface area (Å²) in [6.45, 7) is 6.84. The van der Waals surface area contributed by atoms with E-state index < -0.39 is 0 Å². The zero-order valence-electron chi connectivity index (χ0n) is 7.96. The highest BCUT2D eigenvalue weighted by Gasteiger charge is 1.97. The molecule has 0 aliphatic carbocycles. The van der Waals surface area contributed by atoms with Gasteiger partial charge in [0, 0.05) is 6.61 Å². The summed E-state index contributed by atoms with van der Waals surface area (Å²) in [5, 5.41) is 0. The topological polar surface area (TPSA) is 18.5 Å². The predicted octanol–water partition coefficient (Wildman–Crippen LogP) is 1.97. The number of allylic oxidation sites excluding steroid dienone is 1. The van der Waals surface area contributed by atoms with Crippen LogP contribution in [0.4, 0.5) is 0 Å². The van der Waals surface area contributed by atoms with Crippen LogP contribution in [0.1, 0.15) is 20.8 Å². The SMILES string of the molecule is C#C/C(C)=C/CO[C@@H](C)OCC. The van der Waals surface area contributed by atoms with E-state index in [-0.39, 0.29) is 6.29 Å². The smallest absolute Gasteiger partial charge is 0.155 e. The molecule has 0 spiro atoms. The standard InChI is InChI=1S/C10H16O2/c1-5-9(3)7-8-12-10(4)11-6-2/h1,7,10H,6,8H2,2-4H3/b9-7+/t10-/m0/s1. The van der Waals surface area contributed by atoms with E-state index in [1.807, 2.05) is 26.8 Å². The molecular weight excluding hydrogens is 152 g/mol. The number of terminal acetylenes is 1. The van der Waals surface area contributed by atoms with Gasteiger partial charge in [-0.05, 0) is 32.4 Å². The highest BCUT2D eigenvalue weighted by Crippen LogP contribution is 1.95. The summed E-state index contributed by atoms with van der Waals surface area (Å²) >= 11 is 0. The Morgan fingerprint density at radius 1 is 1.58 bits per heavy atom. The van der Waals surface area contributed by atoms with Crippen molar-refractivity contribution in [2.45, 2.75) is 27.1 Å². The summed E-state index contributed by atoms with van der Waals surface area (Å²) in [4.78, 5) is 0. The van der Waals surface area contributed by atoms with Crippen molar-refractivity contribution in [1.29, 1.82) is 0 Å². The summed E-state index contributed by atoms with van der Waals surface area (Å²) in [5.74, 6) is 2.51. The maximum Gasteiger partial charge on any atom is 0.155 e. The average molecular weight is 168 g/mol. The summed E-state index contributed by atoms with van der Waals surface area (Å²) < 4.78 is 10.4. The van der Waals surface area contributed by atoms with Gasteiger partial charge < -0.3 is 9.47 Å². The van der Waals surface area contributed by atoms with Gasteiger partial charge in [-0.25, -0.2) is 0 Å². The van der Waals surface area contributed by atoms with E-state index in [1.165, 1.54) is 0 Å². The molecule has 0 fully saturated rings. The second-order valence-corrected chi connectivity index (χ2v) is 2.39. The Balaban J connectivity index is 3.50. The van der Waals surface area contributed by atoms with Gasteiger partial charge in [-0.3, -0.25) is 0 Å². The zero-order chi connectivity index (χ0) is 9.40. The van der Waals surface area contributed by atoms with E-state index in [2.05, 4.69) is 5.92 Å². The minimum absolute atomic E-state index is 0.156. The Labute approximate surface area is 74.6 Å². The third-order valence-corrected chi connectivity index (χ3v) is 1.35. The Morgan fingerprint density at radius 3 is 2.75 bits per heavy atom. The van der Waals surface area contributed by atoms with Crippen LogP contribution in [0.15, 0.2) is 11.6 Å². The van der Waals surface area contributed by atoms with E-state index in [0.29, 0.717) is 13.2 Å². The van der Waals surface area contributed by atoms with Crippen LogP contribution in [-0.4, -0.2) is 19.5 Å². The van der Waals surface area contributed by atoms with Crippen molar-refractivity contribution in [3.63, 3.8) is 0 Å². The predicted molar refractivity (Wildman–Crippen MR) is 49.6 cm³/mol. The van der Waals surface area contributed by atoms with Crippen LogP contribution in [0.2, 0.25) is 0 Å². The Hall–Kier alpha value is -0.780. The lowest BCUT2D eigenvalue weighted by molar-refractivity contribution is -0.118. The van der Waals surface area contributed by atoms with Crippen molar-refractivity contribution in [2.24, 2.45) is 0 Å². The minimum atomic E-state index is -0.156. The molecule has 0 aliphatic heterocycles. The van der Waals surface area contributed by atoms with Crippen LogP contribution in [0.3, 0.4) is 0 Å². The van der Waals surface area contributed by atoms with Crippen molar-refractivity contribution >= 4 is 0 Å². The molecule has 0 radical (unpaired) electrons. The maximum atomic E-state index is 5.26. The molecule has 12 heavy (non-hydrogen) atoms. The molecule has 0 bridgehead atoms. The molecule has 0 rings (SSSR count). The number of hydrogen-bond donors (Lipinski definition) is 0. The van der Waals surface area contributed by atoms with Gasteiger partial charge in [0.25, 0.3) is 0 Å². The van der Waals surface area contributed by atoms with Gasteiger partial charge >= 0.3 is 0 Å². The molecule has 0 aromatic carbocycles. The number of ether oxygens (including phenoxy) is 2. The first-order valence-corrected chi connectivity index (χ1v) is 4.07. The number of hydrogen-bond acceptors (Lipinski definition) is 2. The van der Waals surface area contributed by atoms with Crippen LogP contribution >= 0.6 is 0 Å². The van der Waals surface area contributed by atoms with Crippen LogP contribution in [0.5, 0.6) is 0 Å². The van der Waals surface area contributed by atoms with Gasteiger partial charge in [0.15, 0.2) is 6.29 Å². The summed E-state index contributed by atoms with van der Waals surface area (Å²) in [6, 6.07) is 0. The molecule has 68 valence electrons. The second kappa shape index (κ2) is 6.90. The number of rotatable bonds is 5. The van der Waals surface area contributed by atoms with Gasteiger partial charge in [0.05, 0.1) is 6.61 Å². The summed E-state index contributed by atoms with van der Waals surface area (Å²) in [6.07, 6.45) is 6.84. The van der Waals surface area contributed by atoms with Gasteiger partial charge in [0.1, 0.15) is 0 Å².